The number of hydrogen-bond acceptors (Lipinski definition) is 8. The SMILES string of the molecule is CN(C)C1CCN(S(=O)(=O)c2cccc(C(=O)Nc3cc4cc(-c5cncc(NC6CC6)n5)ccc4cn3)c2)CC1. The molecule has 0 spiro atoms. The molecule has 6 rings (SSSR count). The van der Waals surface area contributed by atoms with E-state index in [-0.39, 0.29) is 10.5 Å². The minimum atomic E-state index is -3.70. The molecule has 2 N–H and O–H groups in total. The van der Waals surface area contributed by atoms with Crippen LogP contribution in [0.25, 0.3) is 22.0 Å². The van der Waals surface area contributed by atoms with Crippen LogP contribution in [0.1, 0.15) is 36.0 Å². The molecule has 1 amide bonds. The number of aromatic nitrogens is 3. The Morgan fingerprint density at radius 2 is 1.73 bits per heavy atom. The van der Waals surface area contributed by atoms with Gasteiger partial charge in [-0.1, -0.05) is 18.2 Å². The number of fused-ring (bicyclic) bond motifs is 1. The second kappa shape index (κ2) is 11.2. The van der Waals surface area contributed by atoms with Gasteiger partial charge in [-0.05, 0) is 75.5 Å². The zero-order chi connectivity index (χ0) is 28.6. The molecule has 11 heteroatoms. The van der Waals surface area contributed by atoms with Gasteiger partial charge in [0.2, 0.25) is 10.0 Å². The van der Waals surface area contributed by atoms with E-state index in [1.54, 1.807) is 36.8 Å². The fourth-order valence-corrected chi connectivity index (χ4v) is 6.63. The number of anilines is 2. The summed E-state index contributed by atoms with van der Waals surface area (Å²) in [6, 6.07) is 14.7. The summed E-state index contributed by atoms with van der Waals surface area (Å²) in [5, 5.41) is 7.99. The van der Waals surface area contributed by atoms with Crippen molar-refractivity contribution in [3.8, 4) is 11.3 Å². The van der Waals surface area contributed by atoms with Crippen LogP contribution in [0.3, 0.4) is 0 Å². The third-order valence-electron chi connectivity index (χ3n) is 7.71. The van der Waals surface area contributed by atoms with Crippen molar-refractivity contribution in [3.63, 3.8) is 0 Å². The molecule has 4 aromatic rings. The maximum absolute atomic E-state index is 13.3. The van der Waals surface area contributed by atoms with E-state index in [4.69, 9.17) is 4.98 Å². The van der Waals surface area contributed by atoms with Gasteiger partial charge in [0.05, 0.1) is 23.0 Å². The second-order valence-corrected chi connectivity index (χ2v) is 12.9. The molecule has 0 unspecified atom stereocenters. The fourth-order valence-electron chi connectivity index (χ4n) is 5.11. The highest BCUT2D eigenvalue weighted by Gasteiger charge is 2.30. The van der Waals surface area contributed by atoms with Crippen LogP contribution >= 0.6 is 0 Å². The molecular weight excluding hydrogens is 538 g/mol. The lowest BCUT2D eigenvalue weighted by molar-refractivity contribution is 0.102. The summed E-state index contributed by atoms with van der Waals surface area (Å²) in [5.74, 6) is 0.699. The Morgan fingerprint density at radius 3 is 2.49 bits per heavy atom. The minimum Gasteiger partial charge on any atom is -0.366 e. The Bertz CT molecular complexity index is 1700. The summed E-state index contributed by atoms with van der Waals surface area (Å²) < 4.78 is 28.2. The number of benzene rings is 2. The van der Waals surface area contributed by atoms with Crippen LogP contribution in [0.2, 0.25) is 0 Å². The van der Waals surface area contributed by atoms with Crippen molar-refractivity contribution in [2.45, 2.75) is 42.7 Å². The van der Waals surface area contributed by atoms with Gasteiger partial charge in [-0.3, -0.25) is 9.78 Å². The van der Waals surface area contributed by atoms with Gasteiger partial charge in [-0.15, -0.1) is 0 Å². The highest BCUT2D eigenvalue weighted by Crippen LogP contribution is 2.28. The van der Waals surface area contributed by atoms with Crippen LogP contribution < -0.4 is 10.6 Å². The summed E-state index contributed by atoms with van der Waals surface area (Å²) in [5.41, 5.74) is 1.91. The van der Waals surface area contributed by atoms with Gasteiger partial charge >= 0.3 is 0 Å². The first-order chi connectivity index (χ1) is 19.8. The lowest BCUT2D eigenvalue weighted by Gasteiger charge is -2.34. The van der Waals surface area contributed by atoms with Crippen LogP contribution in [-0.2, 0) is 10.0 Å². The highest BCUT2D eigenvalue weighted by atomic mass is 32.2. The van der Waals surface area contributed by atoms with Crippen molar-refractivity contribution in [1.82, 2.24) is 24.2 Å². The first kappa shape index (κ1) is 27.3. The summed E-state index contributed by atoms with van der Waals surface area (Å²) in [7, 11) is 0.327. The van der Waals surface area contributed by atoms with Crippen molar-refractivity contribution >= 4 is 38.3 Å². The molecule has 2 fully saturated rings. The number of carbonyl (C=O) groups excluding carboxylic acids is 1. The van der Waals surface area contributed by atoms with Crippen molar-refractivity contribution < 1.29 is 13.2 Å². The molecule has 212 valence electrons. The number of carbonyl (C=O) groups is 1. The first-order valence-corrected chi connectivity index (χ1v) is 15.3. The van der Waals surface area contributed by atoms with Crippen molar-refractivity contribution in [2.24, 2.45) is 0 Å². The fraction of sp³-hybridized carbons (Fsp3) is 0.333. The Morgan fingerprint density at radius 1 is 0.927 bits per heavy atom. The molecule has 0 atom stereocenters. The summed E-state index contributed by atoms with van der Waals surface area (Å²) in [6.07, 6.45) is 9.01. The Labute approximate surface area is 239 Å². The van der Waals surface area contributed by atoms with Crippen LogP contribution in [0.4, 0.5) is 11.6 Å². The number of piperidine rings is 1. The van der Waals surface area contributed by atoms with E-state index in [1.807, 2.05) is 32.3 Å². The minimum absolute atomic E-state index is 0.115. The number of hydrogen-bond donors (Lipinski definition) is 2. The molecular formula is C30H33N7O3S. The van der Waals surface area contributed by atoms with Gasteiger partial charge in [0.15, 0.2) is 0 Å². The van der Waals surface area contributed by atoms with E-state index in [0.29, 0.717) is 31.0 Å². The molecule has 3 heterocycles. The standard InChI is InChI=1S/C30H33N7O3S/c1-36(2)25-10-12-37(13-11-25)41(39,40)26-5-3-4-21(15-26)30(38)35-28-16-23-14-20(6-7-22(23)17-32-28)27-18-31-19-29(34-27)33-24-8-9-24/h3-7,14-19,24-25H,8-13H2,1-2H3,(H,33,34)(H,32,35,38). The van der Waals surface area contributed by atoms with E-state index < -0.39 is 15.9 Å². The quantitative estimate of drug-likeness (QED) is 0.322. The smallest absolute Gasteiger partial charge is 0.256 e. The average molecular weight is 572 g/mol. The lowest BCUT2D eigenvalue weighted by atomic mass is 10.1. The second-order valence-electron chi connectivity index (χ2n) is 10.9. The molecule has 2 aromatic carbocycles. The van der Waals surface area contributed by atoms with E-state index in [1.165, 1.54) is 16.4 Å². The Kier molecular flexibility index (Phi) is 7.41. The Balaban J connectivity index is 1.18. The number of amides is 1. The van der Waals surface area contributed by atoms with Crippen LogP contribution in [0.5, 0.6) is 0 Å². The van der Waals surface area contributed by atoms with Crippen molar-refractivity contribution in [3.05, 3.63) is 72.7 Å². The molecule has 1 saturated heterocycles. The number of rotatable bonds is 8. The average Bonchev–Trinajstić information content (AvgIpc) is 3.81. The molecule has 1 saturated carbocycles. The Hall–Kier alpha value is -3.93. The molecule has 2 aromatic heterocycles. The zero-order valence-electron chi connectivity index (χ0n) is 23.1. The largest absolute Gasteiger partial charge is 0.366 e. The molecule has 1 aliphatic carbocycles. The van der Waals surface area contributed by atoms with E-state index >= 15 is 0 Å². The van der Waals surface area contributed by atoms with E-state index in [0.717, 1.165) is 53.5 Å². The predicted molar refractivity (Wildman–Crippen MR) is 159 cm³/mol. The molecule has 1 aliphatic heterocycles. The predicted octanol–water partition coefficient (Wildman–Crippen LogP) is 4.23. The monoisotopic (exact) mass is 571 g/mol. The molecule has 41 heavy (non-hydrogen) atoms. The number of sulfonamides is 1. The molecule has 0 radical (unpaired) electrons. The summed E-state index contributed by atoms with van der Waals surface area (Å²) >= 11 is 0. The maximum Gasteiger partial charge on any atom is 0.256 e. The molecule has 2 aliphatic rings. The van der Waals surface area contributed by atoms with Crippen LogP contribution in [0.15, 0.2) is 72.0 Å². The van der Waals surface area contributed by atoms with Crippen molar-refractivity contribution in [2.75, 3.05) is 37.8 Å². The topological polar surface area (TPSA) is 120 Å². The molecule has 0 bridgehead atoms. The third-order valence-corrected chi connectivity index (χ3v) is 9.61. The third kappa shape index (κ3) is 6.07. The van der Waals surface area contributed by atoms with Gasteiger partial charge in [0.25, 0.3) is 5.91 Å². The van der Waals surface area contributed by atoms with Gasteiger partial charge < -0.3 is 15.5 Å². The van der Waals surface area contributed by atoms with Crippen molar-refractivity contribution in [1.29, 1.82) is 0 Å². The number of nitrogens with one attached hydrogen (secondary N) is 2. The van der Waals surface area contributed by atoms with E-state index in [2.05, 4.69) is 25.5 Å². The van der Waals surface area contributed by atoms with Gasteiger partial charge in [-0.25, -0.2) is 18.4 Å². The lowest BCUT2D eigenvalue weighted by Crippen LogP contribution is -2.44. The summed E-state index contributed by atoms with van der Waals surface area (Å²) in [4.78, 5) is 28.8. The van der Waals surface area contributed by atoms with Crippen LogP contribution in [-0.4, -0.2) is 77.8 Å². The van der Waals surface area contributed by atoms with E-state index in [9.17, 15) is 13.2 Å². The first-order valence-electron chi connectivity index (χ1n) is 13.8. The van der Waals surface area contributed by atoms with Gasteiger partial charge in [0, 0.05) is 47.9 Å². The molecule has 10 nitrogen and oxygen atoms in total. The van der Waals surface area contributed by atoms with Gasteiger partial charge in [-0.2, -0.15) is 4.31 Å². The van der Waals surface area contributed by atoms with Gasteiger partial charge in [0.1, 0.15) is 11.6 Å². The van der Waals surface area contributed by atoms with Crippen LogP contribution in [0, 0.1) is 0 Å². The maximum atomic E-state index is 13.3. The number of nitrogens with zero attached hydrogens (tertiary/aromatic N) is 5. The number of pyridine rings is 1. The normalized spacial score (nSPS) is 16.7. The summed E-state index contributed by atoms with van der Waals surface area (Å²) in [6.45, 7) is 0.912. The zero-order valence-corrected chi connectivity index (χ0v) is 23.9. The highest BCUT2D eigenvalue weighted by molar-refractivity contribution is 7.89.